The maximum Gasteiger partial charge on any atom is 0.349 e. The Kier molecular flexibility index (Phi) is 3.97. The van der Waals surface area contributed by atoms with E-state index in [4.69, 9.17) is 9.47 Å². The number of rotatable bonds is 4. The summed E-state index contributed by atoms with van der Waals surface area (Å²) < 4.78 is 10.4. The Balaban J connectivity index is 1.83. The van der Waals surface area contributed by atoms with E-state index in [-0.39, 0.29) is 6.61 Å². The molecule has 2 aromatic carbocycles. The normalized spacial score (nSPS) is 9.83. The predicted molar refractivity (Wildman–Crippen MR) is 68.8 cm³/mol. The maximum atomic E-state index is 11.5. The van der Waals surface area contributed by atoms with E-state index in [0.29, 0.717) is 11.5 Å². The van der Waals surface area contributed by atoms with Gasteiger partial charge in [-0.05, 0) is 31.2 Å². The summed E-state index contributed by atoms with van der Waals surface area (Å²) in [5.41, 5.74) is 1.15. The van der Waals surface area contributed by atoms with E-state index in [9.17, 15) is 4.79 Å². The number of carbonyl (C=O) groups excluding carboxylic acids is 1. The molecule has 2 aromatic rings. The van der Waals surface area contributed by atoms with Gasteiger partial charge < -0.3 is 9.47 Å². The molecule has 18 heavy (non-hydrogen) atoms. The zero-order valence-corrected chi connectivity index (χ0v) is 10.1. The molecule has 0 atom stereocenters. The largest absolute Gasteiger partial charge is 0.482 e. The van der Waals surface area contributed by atoms with Gasteiger partial charge in [-0.15, -0.1) is 0 Å². The lowest BCUT2D eigenvalue weighted by atomic mass is 10.2. The predicted octanol–water partition coefficient (Wildman–Crippen LogP) is 2.98. The first-order chi connectivity index (χ1) is 8.74. The Morgan fingerprint density at radius 3 is 2.28 bits per heavy atom. The van der Waals surface area contributed by atoms with Crippen LogP contribution in [-0.2, 0) is 4.79 Å². The summed E-state index contributed by atoms with van der Waals surface area (Å²) in [6.45, 7) is 1.89. The van der Waals surface area contributed by atoms with Gasteiger partial charge in [-0.25, -0.2) is 4.79 Å². The van der Waals surface area contributed by atoms with Gasteiger partial charge in [0.25, 0.3) is 0 Å². The second-order valence-corrected chi connectivity index (χ2v) is 3.89. The molecule has 2 rings (SSSR count). The average Bonchev–Trinajstić information content (AvgIpc) is 2.39. The average molecular weight is 242 g/mol. The van der Waals surface area contributed by atoms with Gasteiger partial charge in [0, 0.05) is 0 Å². The van der Waals surface area contributed by atoms with Crippen LogP contribution in [-0.4, -0.2) is 12.6 Å². The highest BCUT2D eigenvalue weighted by atomic mass is 16.6. The number of esters is 1. The first kappa shape index (κ1) is 12.2. The van der Waals surface area contributed by atoms with Crippen LogP contribution in [0.1, 0.15) is 5.56 Å². The van der Waals surface area contributed by atoms with Crippen molar-refractivity contribution in [1.29, 1.82) is 0 Å². The molecule has 0 saturated heterocycles. The quantitative estimate of drug-likeness (QED) is 0.610. The summed E-state index contributed by atoms with van der Waals surface area (Å²) >= 11 is 0. The summed E-state index contributed by atoms with van der Waals surface area (Å²) in [6, 6.07) is 16.4. The zero-order chi connectivity index (χ0) is 12.8. The maximum absolute atomic E-state index is 11.5. The van der Waals surface area contributed by atoms with Crippen LogP contribution in [0.2, 0.25) is 0 Å². The number of para-hydroxylation sites is 1. The molecule has 0 unspecified atom stereocenters. The standard InChI is InChI=1S/C15H14O3/c1-12-7-9-13(10-8-12)17-11-15(16)18-14-5-3-2-4-6-14/h2-10H,11H2,1H3. The van der Waals surface area contributed by atoms with Gasteiger partial charge in [-0.2, -0.15) is 0 Å². The van der Waals surface area contributed by atoms with Crippen molar-refractivity contribution < 1.29 is 14.3 Å². The van der Waals surface area contributed by atoms with Gasteiger partial charge in [0.05, 0.1) is 0 Å². The molecule has 0 spiro atoms. The second kappa shape index (κ2) is 5.87. The number of benzene rings is 2. The molecule has 0 aromatic heterocycles. The van der Waals surface area contributed by atoms with Gasteiger partial charge in [-0.3, -0.25) is 0 Å². The van der Waals surface area contributed by atoms with Crippen LogP contribution in [0.15, 0.2) is 54.6 Å². The van der Waals surface area contributed by atoms with Crippen molar-refractivity contribution in [2.24, 2.45) is 0 Å². The summed E-state index contributed by atoms with van der Waals surface area (Å²) in [7, 11) is 0. The van der Waals surface area contributed by atoms with Crippen molar-refractivity contribution in [3.05, 3.63) is 60.2 Å². The molecule has 0 fully saturated rings. The lowest BCUT2D eigenvalue weighted by molar-refractivity contribution is -0.136. The van der Waals surface area contributed by atoms with E-state index < -0.39 is 5.97 Å². The Morgan fingerprint density at radius 1 is 0.944 bits per heavy atom. The molecule has 0 amide bonds. The number of aryl methyl sites for hydroxylation is 1. The fourth-order valence-electron chi connectivity index (χ4n) is 1.43. The minimum Gasteiger partial charge on any atom is -0.482 e. The van der Waals surface area contributed by atoms with E-state index in [2.05, 4.69) is 0 Å². The van der Waals surface area contributed by atoms with Crippen LogP contribution in [0.25, 0.3) is 0 Å². The lowest BCUT2D eigenvalue weighted by Gasteiger charge is -2.06. The van der Waals surface area contributed by atoms with E-state index in [1.54, 1.807) is 12.1 Å². The van der Waals surface area contributed by atoms with Gasteiger partial charge in [0.2, 0.25) is 0 Å². The van der Waals surface area contributed by atoms with Gasteiger partial charge in [0.15, 0.2) is 6.61 Å². The third-order valence-electron chi connectivity index (χ3n) is 2.35. The van der Waals surface area contributed by atoms with Crippen LogP contribution in [0, 0.1) is 6.92 Å². The number of ether oxygens (including phenoxy) is 2. The van der Waals surface area contributed by atoms with E-state index in [0.717, 1.165) is 5.56 Å². The van der Waals surface area contributed by atoms with Crippen LogP contribution in [0.3, 0.4) is 0 Å². The van der Waals surface area contributed by atoms with E-state index >= 15 is 0 Å². The SMILES string of the molecule is Cc1ccc(OCC(=O)Oc2ccccc2)cc1. The molecule has 0 aliphatic heterocycles. The highest BCUT2D eigenvalue weighted by molar-refractivity contribution is 5.73. The van der Waals surface area contributed by atoms with Crippen LogP contribution < -0.4 is 9.47 Å². The Morgan fingerprint density at radius 2 is 1.61 bits per heavy atom. The van der Waals surface area contributed by atoms with Crippen molar-refractivity contribution in [2.75, 3.05) is 6.61 Å². The molecule has 3 nitrogen and oxygen atoms in total. The molecular weight excluding hydrogens is 228 g/mol. The Hall–Kier alpha value is -2.29. The highest BCUT2D eigenvalue weighted by Gasteiger charge is 2.05. The van der Waals surface area contributed by atoms with Crippen molar-refractivity contribution in [2.45, 2.75) is 6.92 Å². The smallest absolute Gasteiger partial charge is 0.349 e. The number of hydrogen-bond donors (Lipinski definition) is 0. The van der Waals surface area contributed by atoms with E-state index in [1.165, 1.54) is 0 Å². The molecular formula is C15H14O3. The first-order valence-electron chi connectivity index (χ1n) is 5.69. The summed E-state index contributed by atoms with van der Waals surface area (Å²) in [5.74, 6) is 0.766. The van der Waals surface area contributed by atoms with Gasteiger partial charge in [-0.1, -0.05) is 35.9 Å². The minimum absolute atomic E-state index is 0.0993. The van der Waals surface area contributed by atoms with Crippen molar-refractivity contribution in [1.82, 2.24) is 0 Å². The molecule has 0 aliphatic carbocycles. The second-order valence-electron chi connectivity index (χ2n) is 3.89. The molecule has 3 heteroatoms. The number of hydrogen-bond acceptors (Lipinski definition) is 3. The monoisotopic (exact) mass is 242 g/mol. The highest BCUT2D eigenvalue weighted by Crippen LogP contribution is 2.12. The molecule has 0 N–H and O–H groups in total. The Bertz CT molecular complexity index is 503. The van der Waals surface area contributed by atoms with Gasteiger partial charge >= 0.3 is 5.97 Å². The molecule has 0 aliphatic rings. The van der Waals surface area contributed by atoms with Crippen molar-refractivity contribution in [3.8, 4) is 11.5 Å². The fraction of sp³-hybridized carbons (Fsp3) is 0.133. The van der Waals surface area contributed by atoms with Crippen LogP contribution >= 0.6 is 0 Å². The zero-order valence-electron chi connectivity index (χ0n) is 10.1. The molecule has 92 valence electrons. The molecule has 0 heterocycles. The van der Waals surface area contributed by atoms with Crippen LogP contribution in [0.5, 0.6) is 11.5 Å². The first-order valence-corrected chi connectivity index (χ1v) is 5.69. The molecule has 0 bridgehead atoms. The summed E-state index contributed by atoms with van der Waals surface area (Å²) in [5, 5.41) is 0. The topological polar surface area (TPSA) is 35.5 Å². The third kappa shape index (κ3) is 3.63. The number of carbonyl (C=O) groups is 1. The molecule has 0 saturated carbocycles. The van der Waals surface area contributed by atoms with Crippen molar-refractivity contribution in [3.63, 3.8) is 0 Å². The molecule has 0 radical (unpaired) electrons. The van der Waals surface area contributed by atoms with Gasteiger partial charge in [0.1, 0.15) is 11.5 Å². The fourth-order valence-corrected chi connectivity index (χ4v) is 1.43. The summed E-state index contributed by atoms with van der Waals surface area (Å²) in [6.07, 6.45) is 0. The van der Waals surface area contributed by atoms with E-state index in [1.807, 2.05) is 49.4 Å². The minimum atomic E-state index is -0.415. The summed E-state index contributed by atoms with van der Waals surface area (Å²) in [4.78, 5) is 11.5. The Labute approximate surface area is 106 Å². The lowest BCUT2D eigenvalue weighted by Crippen LogP contribution is -2.17. The van der Waals surface area contributed by atoms with Crippen molar-refractivity contribution >= 4 is 5.97 Å². The van der Waals surface area contributed by atoms with Crippen LogP contribution in [0.4, 0.5) is 0 Å². The third-order valence-corrected chi connectivity index (χ3v) is 2.35.